The van der Waals surface area contributed by atoms with Gasteiger partial charge in [-0.3, -0.25) is 53.1 Å². The molecule has 0 saturated heterocycles. The molecule has 0 radical (unpaired) electrons. The van der Waals surface area contributed by atoms with Crippen molar-refractivity contribution in [1.82, 2.24) is 57.5 Å². The first-order valence-corrected chi connectivity index (χ1v) is 27.0. The molecule has 85 heavy (non-hydrogen) atoms. The number of nitrogens with one attached hydrogen (secondary N) is 10. The lowest BCUT2D eigenvalue weighted by Crippen LogP contribution is -2.61. The summed E-state index contributed by atoms with van der Waals surface area (Å²) in [6.07, 6.45) is 3.26. The maximum atomic E-state index is 14.5. The number of phenols is 1. The van der Waals surface area contributed by atoms with E-state index in [2.05, 4.69) is 67.5 Å². The highest BCUT2D eigenvalue weighted by Gasteiger charge is 2.35. The monoisotopic (exact) mass is 1190 g/mol. The molecule has 0 unspecified atom stereocenters. The highest BCUT2D eigenvalue weighted by Crippen LogP contribution is 2.19. The molecule has 0 aliphatic heterocycles. The number of hydrogen-bond acceptors (Lipinski definition) is 16. The Labute approximate surface area is 487 Å². The van der Waals surface area contributed by atoms with Gasteiger partial charge in [0.25, 0.3) is 0 Å². The average molecular weight is 1190 g/mol. The second-order valence-electron chi connectivity index (χ2n) is 20.1. The number of aliphatic hydroxyl groups is 1. The molecule has 8 atom stereocenters. The Bertz CT molecular complexity index is 2980. The average Bonchev–Trinajstić information content (AvgIpc) is 3.92. The first-order valence-electron chi connectivity index (χ1n) is 27.0. The number of H-pyrrole nitrogens is 2. The number of fused-ring (bicyclic) bond motifs is 1. The standard InChI is InChI=1S/C53H77N19O13/c1-27(2)43(50(83)64-24-42(76)66-37(51(84)85)10-6-18-62-53(58)59)72-46(79)36(15-16-41(55)75)68-49(82)40(25-73)71-45(78)35(9-5-17-61-52(56)57)67-47(80)38(19-28-11-13-31(74)14-12-28)70-48(81)39(21-30-23-60-26-65-30)69-44(77)33(54)20-29-22-63-34-8-4-3-7-32(29)34/h3-4,7-8,11-14,22-23,26-27,33,35-40,43,63,73-74H,5-6,9-10,15-21,24-25,54H2,1-2H3,(H2,55,75)(H,60,65)(H,64,83)(H,66,76)(H,67,80)(H,68,82)(H,69,77)(H,70,81)(H,71,78)(H,72,79)(H,84,85)(H4,56,57,61)(H4,58,59,62)/t33-,35-,36-,37-,38-,39-,40-,43-/m0/s1. The van der Waals surface area contributed by atoms with Crippen LogP contribution < -0.4 is 76.9 Å². The number of amides is 9. The molecule has 4 rings (SSSR count). The lowest BCUT2D eigenvalue weighted by atomic mass is 10.0. The molecule has 462 valence electrons. The molecule has 0 aliphatic rings. The van der Waals surface area contributed by atoms with Crippen LogP contribution in [0.1, 0.15) is 69.2 Å². The Morgan fingerprint density at radius 2 is 1.15 bits per heavy atom. The zero-order valence-electron chi connectivity index (χ0n) is 47.0. The van der Waals surface area contributed by atoms with Gasteiger partial charge in [-0.15, -0.1) is 0 Å². The van der Waals surface area contributed by atoms with Crippen molar-refractivity contribution in [2.75, 3.05) is 26.2 Å². The lowest BCUT2D eigenvalue weighted by molar-refractivity contribution is -0.142. The van der Waals surface area contributed by atoms with Crippen molar-refractivity contribution in [3.63, 3.8) is 0 Å². The van der Waals surface area contributed by atoms with Gasteiger partial charge in [0.05, 0.1) is 25.5 Å². The molecule has 4 aromatic rings. The normalized spacial score (nSPS) is 13.8. The Morgan fingerprint density at radius 1 is 0.612 bits per heavy atom. The Hall–Kier alpha value is -9.85. The summed E-state index contributed by atoms with van der Waals surface area (Å²) >= 11 is 0. The number of imidazole rings is 1. The van der Waals surface area contributed by atoms with Crippen LogP contribution in [0.25, 0.3) is 10.9 Å². The van der Waals surface area contributed by atoms with Crippen molar-refractivity contribution >= 4 is 82.0 Å². The summed E-state index contributed by atoms with van der Waals surface area (Å²) in [4.78, 5) is 152. The summed E-state index contributed by atoms with van der Waals surface area (Å²) < 4.78 is 0. The zero-order chi connectivity index (χ0) is 62.8. The zero-order valence-corrected chi connectivity index (χ0v) is 47.0. The number of guanidine groups is 2. The van der Waals surface area contributed by atoms with E-state index in [1.807, 2.05) is 24.3 Å². The third-order valence-electron chi connectivity index (χ3n) is 13.0. The predicted molar refractivity (Wildman–Crippen MR) is 308 cm³/mol. The Balaban J connectivity index is 1.53. The number of aromatic hydroxyl groups is 1. The fourth-order valence-electron chi connectivity index (χ4n) is 8.50. The van der Waals surface area contributed by atoms with Gasteiger partial charge in [0.1, 0.15) is 48.0 Å². The molecule has 0 saturated carbocycles. The highest BCUT2D eigenvalue weighted by molar-refractivity contribution is 5.98. The van der Waals surface area contributed by atoms with Crippen LogP contribution in [0.5, 0.6) is 5.75 Å². The molecule has 9 amide bonds. The van der Waals surface area contributed by atoms with E-state index in [1.54, 1.807) is 6.20 Å². The molecule has 32 nitrogen and oxygen atoms in total. The fourth-order valence-corrected chi connectivity index (χ4v) is 8.50. The highest BCUT2D eigenvalue weighted by atomic mass is 16.4. The van der Waals surface area contributed by atoms with Gasteiger partial charge in [-0.2, -0.15) is 0 Å². The minimum Gasteiger partial charge on any atom is -0.508 e. The molecule has 2 aromatic carbocycles. The number of rotatable bonds is 36. The van der Waals surface area contributed by atoms with E-state index in [0.29, 0.717) is 11.3 Å². The largest absolute Gasteiger partial charge is 0.508 e. The molecule has 32 heteroatoms. The number of hydrogen-bond donors (Lipinski definition) is 19. The number of carbonyl (C=O) groups is 10. The van der Waals surface area contributed by atoms with E-state index in [0.717, 1.165) is 16.5 Å². The van der Waals surface area contributed by atoms with Crippen molar-refractivity contribution in [3.8, 4) is 5.75 Å². The molecule has 0 spiro atoms. The minimum absolute atomic E-state index is 0.0353. The van der Waals surface area contributed by atoms with Gasteiger partial charge < -0.3 is 102 Å². The maximum absolute atomic E-state index is 14.5. The van der Waals surface area contributed by atoms with Crippen LogP contribution in [0, 0.1) is 5.92 Å². The fraction of sp³-hybridized carbons (Fsp3) is 0.453. The first kappa shape index (κ1) is 67.7. The number of nitrogens with two attached hydrogens (primary N) is 6. The molecule has 2 heterocycles. The van der Waals surface area contributed by atoms with Gasteiger partial charge >= 0.3 is 5.97 Å². The Kier molecular flexibility index (Phi) is 27.0. The summed E-state index contributed by atoms with van der Waals surface area (Å²) in [5.74, 6) is -11.1. The van der Waals surface area contributed by atoms with Gasteiger partial charge in [0.2, 0.25) is 53.2 Å². The number of benzene rings is 2. The molecule has 0 fully saturated rings. The second-order valence-corrected chi connectivity index (χ2v) is 20.1. The summed E-state index contributed by atoms with van der Waals surface area (Å²) in [5.41, 5.74) is 35.8. The molecule has 0 aliphatic carbocycles. The number of para-hydroxylation sites is 1. The van der Waals surface area contributed by atoms with Crippen molar-refractivity contribution in [2.45, 2.75) is 120 Å². The van der Waals surface area contributed by atoms with Crippen LogP contribution in [0.2, 0.25) is 0 Å². The minimum atomic E-state index is -1.85. The quantitative estimate of drug-likeness (QED) is 0.0115. The third kappa shape index (κ3) is 23.1. The van der Waals surface area contributed by atoms with Crippen LogP contribution in [0.15, 0.2) is 77.2 Å². The van der Waals surface area contributed by atoms with E-state index in [1.165, 1.54) is 50.6 Å². The van der Waals surface area contributed by atoms with Gasteiger partial charge in [-0.1, -0.05) is 44.2 Å². The Morgan fingerprint density at radius 3 is 1.73 bits per heavy atom. The summed E-state index contributed by atoms with van der Waals surface area (Å²) in [6.45, 7) is 1.31. The van der Waals surface area contributed by atoms with Crippen molar-refractivity contribution in [3.05, 3.63) is 84.1 Å². The van der Waals surface area contributed by atoms with Crippen LogP contribution in [0.4, 0.5) is 0 Å². The molecular formula is C53H77N19O13. The predicted octanol–water partition coefficient (Wildman–Crippen LogP) is -5.43. The van der Waals surface area contributed by atoms with Crippen molar-refractivity contribution in [1.29, 1.82) is 0 Å². The number of aromatic amines is 2. The lowest BCUT2D eigenvalue weighted by Gasteiger charge is -2.28. The number of aliphatic carboxylic acids is 1. The van der Waals surface area contributed by atoms with Crippen LogP contribution in [-0.4, -0.2) is 176 Å². The number of carbonyl (C=O) groups excluding carboxylic acids is 9. The molecular weight excluding hydrogens is 1110 g/mol. The van der Waals surface area contributed by atoms with E-state index in [4.69, 9.17) is 34.4 Å². The summed E-state index contributed by atoms with van der Waals surface area (Å²) in [5, 5.41) is 50.7. The number of phenolic OH excluding ortho intramolecular Hbond substituents is 1. The van der Waals surface area contributed by atoms with Gasteiger partial charge in [-0.05, 0) is 73.8 Å². The topological polar surface area (TPSA) is 553 Å². The van der Waals surface area contributed by atoms with Gasteiger partial charge in [0.15, 0.2) is 11.9 Å². The number of primary amides is 1. The smallest absolute Gasteiger partial charge is 0.326 e. The van der Waals surface area contributed by atoms with Gasteiger partial charge in [0, 0.05) is 61.3 Å². The van der Waals surface area contributed by atoms with Crippen molar-refractivity contribution < 1.29 is 63.3 Å². The number of carboxylic acids is 1. The molecule has 2 aromatic heterocycles. The van der Waals surface area contributed by atoms with Crippen LogP contribution in [0.3, 0.4) is 0 Å². The number of carboxylic acid groups (broad SMARTS) is 1. The van der Waals surface area contributed by atoms with Gasteiger partial charge in [-0.25, -0.2) is 9.78 Å². The SMILES string of the molecule is CC(C)[C@H](NC(=O)[C@H](CCC(N)=O)NC(=O)[C@H](CO)NC(=O)[C@H](CCCN=C(N)N)NC(=O)[C@H](Cc1ccc(O)cc1)NC(=O)[C@H](Cc1cnc[nH]1)NC(=O)[C@@H](N)Cc1c[nH]c2ccccc12)C(=O)NCC(=O)N[C@@H](CCCN=C(N)N)C(=O)O. The van der Waals surface area contributed by atoms with Crippen LogP contribution in [-0.2, 0) is 67.2 Å². The summed E-state index contributed by atoms with van der Waals surface area (Å²) in [6, 6.07) is 1.27. The number of aromatic nitrogens is 3. The maximum Gasteiger partial charge on any atom is 0.326 e. The third-order valence-corrected chi connectivity index (χ3v) is 13.0. The number of nitrogens with zero attached hydrogens (tertiary/aromatic N) is 3. The molecule has 0 bridgehead atoms. The number of aliphatic hydroxyl groups excluding tert-OH is 1. The van der Waals surface area contributed by atoms with E-state index < -0.39 is 139 Å². The molecule has 25 N–H and O–H groups in total. The van der Waals surface area contributed by atoms with E-state index in [-0.39, 0.29) is 75.7 Å². The van der Waals surface area contributed by atoms with Crippen molar-refractivity contribution in [2.24, 2.45) is 50.3 Å². The van der Waals surface area contributed by atoms with E-state index in [9.17, 15) is 63.3 Å². The second kappa shape index (κ2) is 33.9. The van der Waals surface area contributed by atoms with Crippen LogP contribution >= 0.6 is 0 Å². The number of aliphatic imine (C=N–C) groups is 2. The first-order chi connectivity index (χ1) is 40.3. The summed E-state index contributed by atoms with van der Waals surface area (Å²) in [7, 11) is 0. The van der Waals surface area contributed by atoms with E-state index >= 15 is 0 Å².